The van der Waals surface area contributed by atoms with Crippen molar-refractivity contribution in [3.8, 4) is 0 Å². The standard InChI is InChI=1S/C17H36N2O2/c1-6-9-12-19(13-10-7-2)15(4)14-17(5,16(20)21)18-11-8-3/h15,18H,6-14H2,1-5H3,(H,20,21). The van der Waals surface area contributed by atoms with Crippen LogP contribution < -0.4 is 5.32 Å². The van der Waals surface area contributed by atoms with Crippen LogP contribution in [0.25, 0.3) is 0 Å². The number of carboxylic acid groups (broad SMARTS) is 1. The van der Waals surface area contributed by atoms with Crippen LogP contribution >= 0.6 is 0 Å². The molecule has 0 heterocycles. The maximum Gasteiger partial charge on any atom is 0.323 e. The van der Waals surface area contributed by atoms with Gasteiger partial charge in [0, 0.05) is 6.04 Å². The summed E-state index contributed by atoms with van der Waals surface area (Å²) in [5, 5.41) is 12.8. The second kappa shape index (κ2) is 11.0. The molecule has 0 saturated heterocycles. The third-order valence-corrected chi connectivity index (χ3v) is 4.16. The van der Waals surface area contributed by atoms with Gasteiger partial charge in [-0.25, -0.2) is 0 Å². The maximum absolute atomic E-state index is 11.6. The molecule has 0 saturated carbocycles. The van der Waals surface area contributed by atoms with E-state index in [2.05, 4.69) is 37.9 Å². The van der Waals surface area contributed by atoms with Crippen LogP contribution in [0.4, 0.5) is 0 Å². The molecule has 0 aromatic carbocycles. The van der Waals surface area contributed by atoms with Crippen LogP contribution in [0.1, 0.15) is 73.1 Å². The Bertz CT molecular complexity index is 276. The van der Waals surface area contributed by atoms with Crippen molar-refractivity contribution in [1.82, 2.24) is 10.2 Å². The molecule has 0 aromatic rings. The highest BCUT2D eigenvalue weighted by Crippen LogP contribution is 2.18. The Balaban J connectivity index is 4.71. The molecule has 21 heavy (non-hydrogen) atoms. The first-order valence-electron chi connectivity index (χ1n) is 8.63. The molecule has 2 N–H and O–H groups in total. The van der Waals surface area contributed by atoms with Crippen molar-refractivity contribution in [1.29, 1.82) is 0 Å². The molecule has 0 aliphatic carbocycles. The van der Waals surface area contributed by atoms with Gasteiger partial charge in [0.2, 0.25) is 0 Å². The van der Waals surface area contributed by atoms with Crippen LogP contribution in [0.5, 0.6) is 0 Å². The van der Waals surface area contributed by atoms with E-state index in [0.717, 1.165) is 26.1 Å². The number of rotatable bonds is 13. The third-order valence-electron chi connectivity index (χ3n) is 4.16. The van der Waals surface area contributed by atoms with Gasteiger partial charge >= 0.3 is 5.97 Å². The van der Waals surface area contributed by atoms with Gasteiger partial charge in [0.1, 0.15) is 5.54 Å². The molecule has 4 heteroatoms. The number of hydrogen-bond acceptors (Lipinski definition) is 3. The van der Waals surface area contributed by atoms with Gasteiger partial charge in [-0.1, -0.05) is 33.6 Å². The SMILES string of the molecule is CCCCN(CCCC)C(C)CC(C)(NCCC)C(=O)O. The van der Waals surface area contributed by atoms with Crippen molar-refractivity contribution >= 4 is 5.97 Å². The lowest BCUT2D eigenvalue weighted by molar-refractivity contribution is -0.145. The number of hydrogen-bond donors (Lipinski definition) is 2. The highest BCUT2D eigenvalue weighted by atomic mass is 16.4. The van der Waals surface area contributed by atoms with Crippen LogP contribution in [-0.4, -0.2) is 47.2 Å². The fraction of sp³-hybridized carbons (Fsp3) is 0.941. The van der Waals surface area contributed by atoms with Gasteiger partial charge in [-0.2, -0.15) is 0 Å². The summed E-state index contributed by atoms with van der Waals surface area (Å²) in [4.78, 5) is 14.1. The molecule has 0 aliphatic rings. The minimum absolute atomic E-state index is 0.286. The Labute approximate surface area is 131 Å². The van der Waals surface area contributed by atoms with Crippen molar-refractivity contribution in [2.45, 2.75) is 84.7 Å². The second-order valence-corrected chi connectivity index (χ2v) is 6.36. The summed E-state index contributed by atoms with van der Waals surface area (Å²) in [6.07, 6.45) is 6.32. The van der Waals surface area contributed by atoms with E-state index in [1.54, 1.807) is 0 Å². The topological polar surface area (TPSA) is 52.6 Å². The predicted octanol–water partition coefficient (Wildman–Crippen LogP) is 3.51. The van der Waals surface area contributed by atoms with Crippen molar-refractivity contribution in [3.05, 3.63) is 0 Å². The van der Waals surface area contributed by atoms with Gasteiger partial charge in [-0.05, 0) is 59.2 Å². The Kier molecular flexibility index (Phi) is 10.7. The largest absolute Gasteiger partial charge is 0.480 e. The number of unbranched alkanes of at least 4 members (excludes halogenated alkanes) is 2. The lowest BCUT2D eigenvalue weighted by atomic mass is 9.92. The Morgan fingerprint density at radius 2 is 1.67 bits per heavy atom. The van der Waals surface area contributed by atoms with Crippen molar-refractivity contribution in [2.75, 3.05) is 19.6 Å². The molecule has 2 atom stereocenters. The van der Waals surface area contributed by atoms with E-state index in [-0.39, 0.29) is 6.04 Å². The zero-order valence-corrected chi connectivity index (χ0v) is 14.7. The van der Waals surface area contributed by atoms with Crippen molar-refractivity contribution in [2.24, 2.45) is 0 Å². The van der Waals surface area contributed by atoms with Gasteiger partial charge in [0.05, 0.1) is 0 Å². The highest BCUT2D eigenvalue weighted by Gasteiger charge is 2.35. The molecule has 0 fully saturated rings. The fourth-order valence-electron chi connectivity index (χ4n) is 2.63. The Morgan fingerprint density at radius 1 is 1.14 bits per heavy atom. The van der Waals surface area contributed by atoms with E-state index in [1.807, 2.05) is 6.92 Å². The first-order valence-corrected chi connectivity index (χ1v) is 8.63. The lowest BCUT2D eigenvalue weighted by Crippen LogP contribution is -2.54. The third kappa shape index (κ3) is 7.82. The van der Waals surface area contributed by atoms with E-state index in [4.69, 9.17) is 0 Å². The molecular formula is C17H36N2O2. The molecule has 0 aliphatic heterocycles. The molecule has 0 radical (unpaired) electrons. The average molecular weight is 300 g/mol. The molecule has 0 rings (SSSR count). The van der Waals surface area contributed by atoms with Gasteiger partial charge < -0.3 is 15.3 Å². The van der Waals surface area contributed by atoms with Gasteiger partial charge in [-0.15, -0.1) is 0 Å². The number of carboxylic acids is 1. The second-order valence-electron chi connectivity index (χ2n) is 6.36. The molecule has 0 bridgehead atoms. The smallest absolute Gasteiger partial charge is 0.323 e. The zero-order chi connectivity index (χ0) is 16.3. The number of aliphatic carboxylic acids is 1. The number of carbonyl (C=O) groups is 1. The summed E-state index contributed by atoms with van der Waals surface area (Å²) in [6.45, 7) is 13.3. The van der Waals surface area contributed by atoms with E-state index in [9.17, 15) is 9.90 Å². The number of nitrogens with zero attached hydrogens (tertiary/aromatic N) is 1. The molecule has 0 aromatic heterocycles. The normalized spacial score (nSPS) is 15.9. The Hall–Kier alpha value is -0.610. The monoisotopic (exact) mass is 300 g/mol. The molecule has 4 nitrogen and oxygen atoms in total. The predicted molar refractivity (Wildman–Crippen MR) is 89.8 cm³/mol. The van der Waals surface area contributed by atoms with E-state index < -0.39 is 11.5 Å². The van der Waals surface area contributed by atoms with Gasteiger partial charge in [0.25, 0.3) is 0 Å². The van der Waals surface area contributed by atoms with Gasteiger partial charge in [-0.3, -0.25) is 4.79 Å². The van der Waals surface area contributed by atoms with Crippen LogP contribution in [-0.2, 0) is 4.79 Å². The summed E-state index contributed by atoms with van der Waals surface area (Å²) in [5.41, 5.74) is -0.827. The molecule has 126 valence electrons. The molecular weight excluding hydrogens is 264 g/mol. The fourth-order valence-corrected chi connectivity index (χ4v) is 2.63. The molecule has 0 amide bonds. The first-order chi connectivity index (χ1) is 9.91. The van der Waals surface area contributed by atoms with E-state index in [1.165, 1.54) is 25.7 Å². The summed E-state index contributed by atoms with van der Waals surface area (Å²) < 4.78 is 0. The van der Waals surface area contributed by atoms with E-state index in [0.29, 0.717) is 6.42 Å². The van der Waals surface area contributed by atoms with Crippen LogP contribution in [0.15, 0.2) is 0 Å². The quantitative estimate of drug-likeness (QED) is 0.546. The summed E-state index contributed by atoms with van der Waals surface area (Å²) in [6, 6.07) is 0.286. The maximum atomic E-state index is 11.6. The molecule has 2 unspecified atom stereocenters. The average Bonchev–Trinajstić information content (AvgIpc) is 2.45. The van der Waals surface area contributed by atoms with Crippen LogP contribution in [0.2, 0.25) is 0 Å². The Morgan fingerprint density at radius 3 is 2.05 bits per heavy atom. The van der Waals surface area contributed by atoms with Crippen molar-refractivity contribution in [3.63, 3.8) is 0 Å². The van der Waals surface area contributed by atoms with Crippen LogP contribution in [0, 0.1) is 0 Å². The highest BCUT2D eigenvalue weighted by molar-refractivity contribution is 5.78. The minimum atomic E-state index is -0.827. The summed E-state index contributed by atoms with van der Waals surface area (Å²) in [5.74, 6) is -0.742. The summed E-state index contributed by atoms with van der Waals surface area (Å²) >= 11 is 0. The number of nitrogens with one attached hydrogen (secondary N) is 1. The van der Waals surface area contributed by atoms with Crippen LogP contribution in [0.3, 0.4) is 0 Å². The summed E-state index contributed by atoms with van der Waals surface area (Å²) in [7, 11) is 0. The van der Waals surface area contributed by atoms with Crippen molar-refractivity contribution < 1.29 is 9.90 Å². The lowest BCUT2D eigenvalue weighted by Gasteiger charge is -2.35. The molecule has 0 spiro atoms. The zero-order valence-electron chi connectivity index (χ0n) is 14.7. The minimum Gasteiger partial charge on any atom is -0.480 e. The van der Waals surface area contributed by atoms with E-state index >= 15 is 0 Å². The van der Waals surface area contributed by atoms with Gasteiger partial charge in [0.15, 0.2) is 0 Å². The first kappa shape index (κ1) is 20.4.